The van der Waals surface area contributed by atoms with E-state index in [0.717, 1.165) is 17.6 Å². The van der Waals surface area contributed by atoms with Crippen molar-refractivity contribution in [3.8, 4) is 0 Å². The van der Waals surface area contributed by atoms with Crippen LogP contribution >= 0.6 is 0 Å². The lowest BCUT2D eigenvalue weighted by Gasteiger charge is -2.30. The van der Waals surface area contributed by atoms with Crippen molar-refractivity contribution in [2.75, 3.05) is 6.54 Å². The number of hydrogen-bond acceptors (Lipinski definition) is 6. The van der Waals surface area contributed by atoms with E-state index in [1.807, 2.05) is 6.92 Å². The van der Waals surface area contributed by atoms with E-state index in [9.17, 15) is 23.1 Å². The Kier molecular flexibility index (Phi) is 14.4. The van der Waals surface area contributed by atoms with E-state index in [2.05, 4.69) is 15.4 Å². The summed E-state index contributed by atoms with van der Waals surface area (Å²) in [6.45, 7) is 7.09. The van der Waals surface area contributed by atoms with Gasteiger partial charge in [0.2, 0.25) is 10.0 Å². The number of aliphatic carboxylic acids is 1. The standard InChI is InChI=1S/C18H28N2O6S.C12H23N/c1-13-8-10-14(11-9-13)27(24,25)19-12-6-5-7-15(16(21)22)20-17(23)26-18(2,3)4;1-3-7-11(8-4-1)13-12-9-5-2-6-10-12/h8-11,15,19H,5-7,12H2,1-4H3,(H,20,23)(H,21,22);11-13H,1-10H2/t15-;/m0./s1. The molecule has 10 heteroatoms. The minimum absolute atomic E-state index is 0.167. The van der Waals surface area contributed by atoms with Crippen molar-refractivity contribution in [2.24, 2.45) is 0 Å². The molecule has 1 atom stereocenters. The van der Waals surface area contributed by atoms with Crippen LogP contribution in [0, 0.1) is 6.92 Å². The highest BCUT2D eigenvalue weighted by Crippen LogP contribution is 2.22. The first-order valence-electron chi connectivity index (χ1n) is 14.9. The molecule has 2 aliphatic carbocycles. The van der Waals surface area contributed by atoms with Gasteiger partial charge in [-0.25, -0.2) is 22.7 Å². The fraction of sp³-hybridized carbons (Fsp3) is 0.733. The molecule has 9 nitrogen and oxygen atoms in total. The van der Waals surface area contributed by atoms with Gasteiger partial charge >= 0.3 is 12.1 Å². The normalized spacial score (nSPS) is 17.8. The van der Waals surface area contributed by atoms with Crippen molar-refractivity contribution in [1.29, 1.82) is 0 Å². The maximum absolute atomic E-state index is 12.1. The van der Waals surface area contributed by atoms with Crippen LogP contribution in [0.25, 0.3) is 0 Å². The summed E-state index contributed by atoms with van der Waals surface area (Å²) in [5, 5.41) is 15.4. The van der Waals surface area contributed by atoms with Crippen LogP contribution in [0.15, 0.2) is 29.2 Å². The van der Waals surface area contributed by atoms with Gasteiger partial charge in [0, 0.05) is 18.6 Å². The lowest BCUT2D eigenvalue weighted by molar-refractivity contribution is -0.139. The number of carbonyl (C=O) groups is 2. The van der Waals surface area contributed by atoms with Crippen LogP contribution in [0.4, 0.5) is 4.79 Å². The number of hydrogen-bond donors (Lipinski definition) is 4. The highest BCUT2D eigenvalue weighted by Gasteiger charge is 2.24. The molecule has 0 radical (unpaired) electrons. The Balaban J connectivity index is 0.000000355. The van der Waals surface area contributed by atoms with Crippen LogP contribution in [-0.2, 0) is 19.6 Å². The lowest BCUT2D eigenvalue weighted by atomic mass is 9.91. The van der Waals surface area contributed by atoms with Crippen molar-refractivity contribution >= 4 is 22.1 Å². The molecule has 1 amide bonds. The monoisotopic (exact) mass is 581 g/mol. The lowest BCUT2D eigenvalue weighted by Crippen LogP contribution is -2.43. The number of sulfonamides is 1. The van der Waals surface area contributed by atoms with E-state index in [1.165, 1.54) is 76.3 Å². The second-order valence-corrected chi connectivity index (χ2v) is 13.8. The minimum atomic E-state index is -3.59. The van der Waals surface area contributed by atoms with Crippen molar-refractivity contribution in [3.63, 3.8) is 0 Å². The Morgan fingerprint density at radius 1 is 0.925 bits per heavy atom. The fourth-order valence-corrected chi connectivity index (χ4v) is 6.13. The number of carbonyl (C=O) groups excluding carboxylic acids is 1. The first kappa shape index (κ1) is 34.0. The molecule has 2 fully saturated rings. The molecule has 1 aromatic carbocycles. The Morgan fingerprint density at radius 3 is 1.93 bits per heavy atom. The Morgan fingerprint density at radius 2 is 1.45 bits per heavy atom. The zero-order valence-corrected chi connectivity index (χ0v) is 25.7. The van der Waals surface area contributed by atoms with Crippen molar-refractivity contribution < 1.29 is 27.9 Å². The summed E-state index contributed by atoms with van der Waals surface area (Å²) < 4.78 is 31.8. The van der Waals surface area contributed by atoms with Gasteiger partial charge < -0.3 is 20.5 Å². The topological polar surface area (TPSA) is 134 Å². The number of carboxylic acids is 1. The van der Waals surface area contributed by atoms with Crippen LogP contribution in [0.5, 0.6) is 0 Å². The quantitative estimate of drug-likeness (QED) is 0.248. The van der Waals surface area contributed by atoms with Gasteiger partial charge in [-0.1, -0.05) is 56.2 Å². The molecule has 0 spiro atoms. The zero-order chi connectivity index (χ0) is 29.6. The number of aryl methyl sites for hydroxylation is 1. The third-order valence-corrected chi connectivity index (χ3v) is 8.69. The molecule has 1 aromatic rings. The molecule has 0 aromatic heterocycles. The van der Waals surface area contributed by atoms with Crippen LogP contribution in [0.2, 0.25) is 0 Å². The summed E-state index contributed by atoms with van der Waals surface area (Å²) in [6, 6.07) is 7.15. The van der Waals surface area contributed by atoms with Gasteiger partial charge in [-0.2, -0.15) is 0 Å². The second kappa shape index (κ2) is 16.9. The van der Waals surface area contributed by atoms with Crippen LogP contribution in [-0.4, -0.2) is 55.9 Å². The van der Waals surface area contributed by atoms with Gasteiger partial charge in [0.1, 0.15) is 11.6 Å². The van der Waals surface area contributed by atoms with Crippen LogP contribution in [0.3, 0.4) is 0 Å². The summed E-state index contributed by atoms with van der Waals surface area (Å²) >= 11 is 0. The molecule has 4 N–H and O–H groups in total. The molecule has 2 saturated carbocycles. The predicted molar refractivity (Wildman–Crippen MR) is 158 cm³/mol. The molecular weight excluding hydrogens is 530 g/mol. The number of benzene rings is 1. The first-order valence-corrected chi connectivity index (χ1v) is 16.4. The molecule has 40 heavy (non-hydrogen) atoms. The van der Waals surface area contributed by atoms with Gasteiger partial charge in [0.15, 0.2) is 0 Å². The van der Waals surface area contributed by atoms with Crippen molar-refractivity contribution in [3.05, 3.63) is 29.8 Å². The number of unbranched alkanes of at least 4 members (excludes halogenated alkanes) is 1. The predicted octanol–water partition coefficient (Wildman–Crippen LogP) is 5.66. The third kappa shape index (κ3) is 13.9. The van der Waals surface area contributed by atoms with Crippen LogP contribution < -0.4 is 15.4 Å². The van der Waals surface area contributed by atoms with E-state index >= 15 is 0 Å². The van der Waals surface area contributed by atoms with E-state index in [0.29, 0.717) is 12.8 Å². The zero-order valence-electron chi connectivity index (χ0n) is 24.8. The average Bonchev–Trinajstić information content (AvgIpc) is 2.88. The van der Waals surface area contributed by atoms with Gasteiger partial charge in [-0.3, -0.25) is 0 Å². The van der Waals surface area contributed by atoms with Crippen LogP contribution in [0.1, 0.15) is 110 Å². The highest BCUT2D eigenvalue weighted by atomic mass is 32.2. The minimum Gasteiger partial charge on any atom is -0.480 e. The summed E-state index contributed by atoms with van der Waals surface area (Å²) in [6.07, 6.45) is 14.8. The summed E-state index contributed by atoms with van der Waals surface area (Å²) in [5.41, 5.74) is 0.243. The Bertz CT molecular complexity index is 979. The van der Waals surface area contributed by atoms with E-state index < -0.39 is 33.7 Å². The molecule has 0 unspecified atom stereocenters. The molecule has 2 aliphatic rings. The number of carboxylic acid groups (broad SMARTS) is 1. The Labute approximate surface area is 241 Å². The molecule has 0 aliphatic heterocycles. The Hall–Kier alpha value is -2.17. The highest BCUT2D eigenvalue weighted by molar-refractivity contribution is 7.89. The average molecular weight is 582 g/mol. The molecule has 0 bridgehead atoms. The van der Waals surface area contributed by atoms with Gasteiger partial charge in [0.05, 0.1) is 4.90 Å². The summed E-state index contributed by atoms with van der Waals surface area (Å²) in [4.78, 5) is 23.1. The number of alkyl carbamates (subject to hydrolysis) is 1. The maximum atomic E-state index is 12.1. The fourth-order valence-electron chi connectivity index (χ4n) is 5.06. The SMILES string of the molecule is C1CCC(NC2CCCCC2)CC1.Cc1ccc(S(=O)(=O)NCCCC[C@H](NC(=O)OC(C)(C)C)C(=O)O)cc1. The third-order valence-electron chi connectivity index (χ3n) is 7.21. The largest absolute Gasteiger partial charge is 0.480 e. The summed E-state index contributed by atoms with van der Waals surface area (Å²) in [7, 11) is -3.59. The number of nitrogens with one attached hydrogen (secondary N) is 3. The van der Waals surface area contributed by atoms with E-state index in [1.54, 1.807) is 32.9 Å². The molecule has 228 valence electrons. The maximum Gasteiger partial charge on any atom is 0.408 e. The number of amides is 1. The van der Waals surface area contributed by atoms with Gasteiger partial charge in [-0.05, 0) is 84.8 Å². The molecule has 0 heterocycles. The molecular formula is C30H51N3O6S. The van der Waals surface area contributed by atoms with Crippen molar-refractivity contribution in [1.82, 2.24) is 15.4 Å². The number of ether oxygens (including phenoxy) is 1. The van der Waals surface area contributed by atoms with Gasteiger partial charge in [0.25, 0.3) is 0 Å². The number of rotatable bonds is 11. The molecule has 3 rings (SSSR count). The smallest absolute Gasteiger partial charge is 0.408 e. The molecule has 0 saturated heterocycles. The van der Waals surface area contributed by atoms with Gasteiger partial charge in [-0.15, -0.1) is 0 Å². The first-order chi connectivity index (χ1) is 18.9. The summed E-state index contributed by atoms with van der Waals surface area (Å²) in [5.74, 6) is -1.17. The van der Waals surface area contributed by atoms with Crippen molar-refractivity contribution in [2.45, 2.75) is 140 Å². The van der Waals surface area contributed by atoms with E-state index in [4.69, 9.17) is 4.74 Å². The van der Waals surface area contributed by atoms with E-state index in [-0.39, 0.29) is 17.9 Å². The second-order valence-electron chi connectivity index (χ2n) is 12.1.